The number of ketones is 1. The molecule has 0 aliphatic carbocycles. The van der Waals surface area contributed by atoms with Crippen molar-refractivity contribution < 1.29 is 14.5 Å². The van der Waals surface area contributed by atoms with Gasteiger partial charge in [0.2, 0.25) is 0 Å². The first-order valence-electron chi connectivity index (χ1n) is 12.0. The molecule has 5 heteroatoms. The molecule has 0 bridgehead atoms. The minimum absolute atomic E-state index is 0.0378. The first kappa shape index (κ1) is 23.3. The maximum atomic E-state index is 13.9. The topological polar surface area (TPSA) is 50.6 Å². The Bertz CT molecular complexity index is 1240. The van der Waals surface area contributed by atoms with Crippen LogP contribution in [0.25, 0.3) is 0 Å². The summed E-state index contributed by atoms with van der Waals surface area (Å²) in [5.74, 6) is -0.638. The fraction of sp³-hybridized carbons (Fsp3) is 0.200. The first-order chi connectivity index (χ1) is 17.1. The normalized spacial score (nSPS) is 24.7. The number of hydrogen-bond acceptors (Lipinski definition) is 2. The predicted molar refractivity (Wildman–Crippen MR) is 138 cm³/mol. The number of allylic oxidation sites excluding steroid dienone is 2. The van der Waals surface area contributed by atoms with E-state index in [0.29, 0.717) is 17.1 Å². The van der Waals surface area contributed by atoms with Gasteiger partial charge in [-0.3, -0.25) is 14.5 Å². The Morgan fingerprint density at radius 3 is 2.26 bits per heavy atom. The third kappa shape index (κ3) is 4.86. The second-order valence-corrected chi connectivity index (χ2v) is 9.54. The Hall–Kier alpha value is -3.47. The van der Waals surface area contributed by atoms with E-state index in [1.165, 1.54) is 5.56 Å². The maximum Gasteiger partial charge on any atom is 0.279 e. The molecule has 35 heavy (non-hydrogen) atoms. The minimum atomic E-state index is -0.434. The Morgan fingerprint density at radius 2 is 1.54 bits per heavy atom. The Balaban J connectivity index is 1.49. The molecule has 5 atom stereocenters. The lowest BCUT2D eigenvalue weighted by Gasteiger charge is -2.24. The second kappa shape index (κ2) is 10.4. The number of rotatable bonds is 7. The molecule has 1 unspecified atom stereocenters. The molecule has 176 valence electrons. The molecule has 1 fully saturated rings. The number of nitrogens with one attached hydrogen (secondary N) is 2. The molecule has 4 nitrogen and oxygen atoms in total. The van der Waals surface area contributed by atoms with Gasteiger partial charge in [-0.1, -0.05) is 90.5 Å². The van der Waals surface area contributed by atoms with Crippen molar-refractivity contribution in [2.24, 2.45) is 5.92 Å². The van der Waals surface area contributed by atoms with Crippen molar-refractivity contribution in [3.05, 3.63) is 131 Å². The van der Waals surface area contributed by atoms with E-state index >= 15 is 0 Å². The molecule has 3 aromatic carbocycles. The minimum Gasteiger partial charge on any atom is -0.351 e. The number of quaternary nitrogens is 1. The van der Waals surface area contributed by atoms with Crippen LogP contribution in [0, 0.1) is 5.92 Å². The van der Waals surface area contributed by atoms with Gasteiger partial charge in [0.25, 0.3) is 5.91 Å². The van der Waals surface area contributed by atoms with Crippen LogP contribution in [0.2, 0.25) is 5.02 Å². The van der Waals surface area contributed by atoms with Crippen LogP contribution in [0.15, 0.2) is 109 Å². The number of halogens is 1. The van der Waals surface area contributed by atoms with Gasteiger partial charge in [-0.15, -0.1) is 0 Å². The first-order valence-corrected chi connectivity index (χ1v) is 12.4. The van der Waals surface area contributed by atoms with E-state index in [1.54, 1.807) is 0 Å². The van der Waals surface area contributed by atoms with Crippen LogP contribution >= 0.6 is 11.6 Å². The Labute approximate surface area is 210 Å². The van der Waals surface area contributed by atoms with Gasteiger partial charge in [0.05, 0.1) is 18.0 Å². The average Bonchev–Trinajstić information content (AvgIpc) is 3.25. The molecule has 2 N–H and O–H groups in total. The standard InChI is InChI=1S/C30H27ClN2O2/c31-24-16-14-22(15-17-24)26-27(29(34)23-11-5-2-6-12-23)25-13-7-8-20-33(25)28(26)30(35)32-19-18-21-9-3-1-4-10-21/h1-17,20,25-28H,18-19H2,(H,32,35)/p+1/t25-,26+,27-,28-/m1/s1. The summed E-state index contributed by atoms with van der Waals surface area (Å²) in [5.41, 5.74) is 2.80. The average molecular weight is 484 g/mol. The Kier molecular flexibility index (Phi) is 6.94. The fourth-order valence-corrected chi connectivity index (χ4v) is 5.58. The van der Waals surface area contributed by atoms with Crippen molar-refractivity contribution in [1.29, 1.82) is 0 Å². The molecule has 0 saturated carbocycles. The van der Waals surface area contributed by atoms with Crippen LogP contribution in [0.4, 0.5) is 0 Å². The van der Waals surface area contributed by atoms with Gasteiger partial charge in [-0.2, -0.15) is 0 Å². The molecule has 3 aromatic rings. The summed E-state index contributed by atoms with van der Waals surface area (Å²) in [7, 11) is 0. The molecular weight excluding hydrogens is 456 g/mol. The molecule has 2 aliphatic heterocycles. The second-order valence-electron chi connectivity index (χ2n) is 9.11. The SMILES string of the molecule is O=C(c1ccccc1)[C@H]1[C@H](c2ccc(Cl)cc2)[C@H](C(=O)NCCc2ccccc2)[NH+]2C=CC=C[C@H]12. The Morgan fingerprint density at radius 1 is 0.857 bits per heavy atom. The highest BCUT2D eigenvalue weighted by Gasteiger charge is 2.58. The van der Waals surface area contributed by atoms with Gasteiger partial charge in [0, 0.05) is 17.1 Å². The van der Waals surface area contributed by atoms with E-state index in [-0.39, 0.29) is 29.6 Å². The number of benzene rings is 3. The zero-order valence-electron chi connectivity index (χ0n) is 19.3. The van der Waals surface area contributed by atoms with E-state index in [9.17, 15) is 9.59 Å². The van der Waals surface area contributed by atoms with Gasteiger partial charge in [0.15, 0.2) is 11.8 Å². The number of carbonyl (C=O) groups excluding carboxylic acids is 2. The third-order valence-corrected chi connectivity index (χ3v) is 7.30. The number of Topliss-reactive ketones (excluding diaryl/α,β-unsaturated/α-hetero) is 1. The van der Waals surface area contributed by atoms with Crippen LogP contribution in [0.3, 0.4) is 0 Å². The van der Waals surface area contributed by atoms with E-state index in [1.807, 2.05) is 91.1 Å². The lowest BCUT2D eigenvalue weighted by Crippen LogP contribution is -3.15. The van der Waals surface area contributed by atoms with Crippen molar-refractivity contribution in [1.82, 2.24) is 5.32 Å². The zero-order chi connectivity index (χ0) is 24.2. The van der Waals surface area contributed by atoms with Gasteiger partial charge in [-0.25, -0.2) is 0 Å². The molecule has 1 saturated heterocycles. The molecular formula is C30H28ClN2O2+. The van der Waals surface area contributed by atoms with Gasteiger partial charge >= 0.3 is 0 Å². The highest BCUT2D eigenvalue weighted by molar-refractivity contribution is 6.30. The fourth-order valence-electron chi connectivity index (χ4n) is 5.45. The van der Waals surface area contributed by atoms with Gasteiger partial charge in [0.1, 0.15) is 6.04 Å². The van der Waals surface area contributed by atoms with E-state index in [2.05, 4.69) is 23.5 Å². The highest BCUT2D eigenvalue weighted by atomic mass is 35.5. The summed E-state index contributed by atoms with van der Waals surface area (Å²) >= 11 is 6.19. The molecule has 2 heterocycles. The van der Waals surface area contributed by atoms with Gasteiger partial charge < -0.3 is 5.32 Å². The summed E-state index contributed by atoms with van der Waals surface area (Å²) in [6.07, 6.45) is 8.79. The van der Waals surface area contributed by atoms with E-state index in [0.717, 1.165) is 16.9 Å². The summed E-state index contributed by atoms with van der Waals surface area (Å²) in [5, 5.41) is 3.79. The van der Waals surface area contributed by atoms with Crippen molar-refractivity contribution >= 4 is 23.3 Å². The van der Waals surface area contributed by atoms with Crippen molar-refractivity contribution in [3.8, 4) is 0 Å². The van der Waals surface area contributed by atoms with Crippen LogP contribution in [-0.2, 0) is 11.2 Å². The van der Waals surface area contributed by atoms with Crippen molar-refractivity contribution in [3.63, 3.8) is 0 Å². The number of hydrogen-bond donors (Lipinski definition) is 2. The lowest BCUT2D eigenvalue weighted by molar-refractivity contribution is -0.871. The number of fused-ring (bicyclic) bond motifs is 1. The lowest BCUT2D eigenvalue weighted by atomic mass is 9.77. The van der Waals surface area contributed by atoms with Crippen LogP contribution in [-0.4, -0.2) is 30.3 Å². The van der Waals surface area contributed by atoms with E-state index < -0.39 is 6.04 Å². The van der Waals surface area contributed by atoms with E-state index in [4.69, 9.17) is 11.6 Å². The van der Waals surface area contributed by atoms with Gasteiger partial charge in [-0.05, 0) is 41.8 Å². The number of amides is 1. The van der Waals surface area contributed by atoms with Crippen LogP contribution in [0.1, 0.15) is 27.4 Å². The molecule has 0 radical (unpaired) electrons. The number of carbonyl (C=O) groups is 2. The third-order valence-electron chi connectivity index (χ3n) is 7.05. The molecule has 5 rings (SSSR count). The predicted octanol–water partition coefficient (Wildman–Crippen LogP) is 4.00. The van der Waals surface area contributed by atoms with Crippen LogP contribution in [0.5, 0.6) is 0 Å². The summed E-state index contributed by atoms with van der Waals surface area (Å²) in [6, 6.07) is 26.5. The summed E-state index contributed by atoms with van der Waals surface area (Å²) in [4.78, 5) is 28.6. The molecule has 1 amide bonds. The largest absolute Gasteiger partial charge is 0.351 e. The highest BCUT2D eigenvalue weighted by Crippen LogP contribution is 2.38. The zero-order valence-corrected chi connectivity index (χ0v) is 20.1. The summed E-state index contributed by atoms with van der Waals surface area (Å²) in [6.45, 7) is 0.543. The van der Waals surface area contributed by atoms with Crippen molar-refractivity contribution in [2.45, 2.75) is 24.4 Å². The molecule has 0 spiro atoms. The quantitative estimate of drug-likeness (QED) is 0.499. The summed E-state index contributed by atoms with van der Waals surface area (Å²) < 4.78 is 0. The van der Waals surface area contributed by atoms with Crippen LogP contribution < -0.4 is 10.2 Å². The molecule has 2 aliphatic rings. The van der Waals surface area contributed by atoms with Crippen molar-refractivity contribution in [2.75, 3.05) is 6.54 Å². The monoisotopic (exact) mass is 483 g/mol. The molecule has 0 aromatic heterocycles. The maximum absolute atomic E-state index is 13.9. The smallest absolute Gasteiger partial charge is 0.279 e.